The number of hydrogen-bond donors (Lipinski definition) is 1. The number of alkyl halides is 2. The highest BCUT2D eigenvalue weighted by molar-refractivity contribution is 7.99. The molecule has 0 fully saturated rings. The Kier molecular flexibility index (Phi) is 6.19. The number of halogens is 3. The summed E-state index contributed by atoms with van der Waals surface area (Å²) in [6.07, 6.45) is 0. The van der Waals surface area contributed by atoms with E-state index >= 15 is 0 Å². The largest absolute Gasteiger partial charge is 0.435 e. The molecule has 0 radical (unpaired) electrons. The van der Waals surface area contributed by atoms with Crippen LogP contribution in [-0.2, 0) is 11.8 Å². The average molecular weight is 408 g/mol. The van der Waals surface area contributed by atoms with Crippen LogP contribution in [0.25, 0.3) is 11.4 Å². The van der Waals surface area contributed by atoms with Gasteiger partial charge in [-0.05, 0) is 48.5 Å². The first-order valence-corrected chi connectivity index (χ1v) is 9.04. The van der Waals surface area contributed by atoms with Gasteiger partial charge in [-0.15, -0.1) is 10.2 Å². The van der Waals surface area contributed by atoms with E-state index in [1.165, 1.54) is 48.2 Å². The first kappa shape index (κ1) is 19.7. The predicted molar refractivity (Wildman–Crippen MR) is 98.8 cm³/mol. The second-order valence-corrected chi connectivity index (χ2v) is 6.55. The Labute approximate surface area is 162 Å². The Bertz CT molecular complexity index is 946. The lowest BCUT2D eigenvalue weighted by Gasteiger charge is -2.07. The van der Waals surface area contributed by atoms with Crippen LogP contribution in [0.1, 0.15) is 0 Å². The number of benzene rings is 2. The predicted octanol–water partition coefficient (Wildman–Crippen LogP) is 3.95. The molecule has 1 heterocycles. The van der Waals surface area contributed by atoms with E-state index in [1.54, 1.807) is 23.7 Å². The highest BCUT2D eigenvalue weighted by Gasteiger charge is 2.13. The smallest absolute Gasteiger partial charge is 0.387 e. The minimum atomic E-state index is -2.90. The molecule has 0 spiro atoms. The van der Waals surface area contributed by atoms with Crippen molar-refractivity contribution in [2.45, 2.75) is 11.8 Å². The van der Waals surface area contributed by atoms with Gasteiger partial charge in [-0.3, -0.25) is 4.79 Å². The lowest BCUT2D eigenvalue weighted by molar-refractivity contribution is -0.113. The number of thioether (sulfide) groups is 1. The lowest BCUT2D eigenvalue weighted by Crippen LogP contribution is -2.14. The molecular formula is C18H15F3N4O2S. The van der Waals surface area contributed by atoms with Gasteiger partial charge in [0.25, 0.3) is 0 Å². The Morgan fingerprint density at radius 3 is 2.46 bits per heavy atom. The minimum Gasteiger partial charge on any atom is -0.435 e. The molecule has 3 aromatic rings. The van der Waals surface area contributed by atoms with Crippen molar-refractivity contribution in [2.75, 3.05) is 11.1 Å². The summed E-state index contributed by atoms with van der Waals surface area (Å²) in [6, 6.07) is 11.5. The zero-order valence-electron chi connectivity index (χ0n) is 14.6. The van der Waals surface area contributed by atoms with Gasteiger partial charge in [-0.2, -0.15) is 8.78 Å². The number of ether oxygens (including phenoxy) is 1. The van der Waals surface area contributed by atoms with E-state index in [4.69, 9.17) is 0 Å². The van der Waals surface area contributed by atoms with Gasteiger partial charge in [0.2, 0.25) is 5.91 Å². The fraction of sp³-hybridized carbons (Fsp3) is 0.167. The first-order chi connectivity index (χ1) is 13.4. The van der Waals surface area contributed by atoms with Crippen molar-refractivity contribution in [1.29, 1.82) is 0 Å². The standard InChI is InChI=1S/C18H15F3N4O2S/c1-25-16(11-2-4-12(19)5-3-11)23-24-18(25)28-10-15(26)22-13-6-8-14(9-7-13)27-17(20)21/h2-9,17H,10H2,1H3,(H,22,26). The van der Waals surface area contributed by atoms with Crippen molar-refractivity contribution in [2.24, 2.45) is 7.05 Å². The summed E-state index contributed by atoms with van der Waals surface area (Å²) in [5.74, 6) is 0.00201. The number of aromatic nitrogens is 3. The molecule has 0 saturated carbocycles. The molecule has 0 atom stereocenters. The summed E-state index contributed by atoms with van der Waals surface area (Å²) < 4.78 is 43.3. The third-order valence-corrected chi connectivity index (χ3v) is 4.65. The van der Waals surface area contributed by atoms with Crippen LogP contribution in [0.3, 0.4) is 0 Å². The molecule has 1 aromatic heterocycles. The van der Waals surface area contributed by atoms with Crippen molar-refractivity contribution in [3.8, 4) is 17.1 Å². The normalized spacial score (nSPS) is 10.9. The summed E-state index contributed by atoms with van der Waals surface area (Å²) in [6.45, 7) is -2.90. The van der Waals surface area contributed by atoms with E-state index in [-0.39, 0.29) is 23.2 Å². The topological polar surface area (TPSA) is 69.0 Å². The van der Waals surface area contributed by atoms with E-state index in [9.17, 15) is 18.0 Å². The summed E-state index contributed by atoms with van der Waals surface area (Å²) >= 11 is 1.18. The highest BCUT2D eigenvalue weighted by atomic mass is 32.2. The molecule has 1 amide bonds. The van der Waals surface area contributed by atoms with Crippen molar-refractivity contribution < 1.29 is 22.7 Å². The van der Waals surface area contributed by atoms with Crippen LogP contribution in [0, 0.1) is 5.82 Å². The second-order valence-electron chi connectivity index (χ2n) is 5.61. The summed E-state index contributed by atoms with van der Waals surface area (Å²) in [4.78, 5) is 12.1. The van der Waals surface area contributed by atoms with Gasteiger partial charge in [0.1, 0.15) is 11.6 Å². The van der Waals surface area contributed by atoms with Crippen LogP contribution in [-0.4, -0.2) is 33.0 Å². The zero-order valence-corrected chi connectivity index (χ0v) is 15.4. The zero-order chi connectivity index (χ0) is 20.1. The van der Waals surface area contributed by atoms with Crippen LogP contribution < -0.4 is 10.1 Å². The van der Waals surface area contributed by atoms with Crippen LogP contribution in [0.2, 0.25) is 0 Å². The van der Waals surface area contributed by atoms with Gasteiger partial charge in [0, 0.05) is 18.3 Å². The number of rotatable bonds is 7. The van der Waals surface area contributed by atoms with Gasteiger partial charge in [0.05, 0.1) is 5.75 Å². The van der Waals surface area contributed by atoms with Gasteiger partial charge < -0.3 is 14.6 Å². The van der Waals surface area contributed by atoms with E-state index < -0.39 is 6.61 Å². The molecule has 0 bridgehead atoms. The fourth-order valence-electron chi connectivity index (χ4n) is 2.34. The van der Waals surface area contributed by atoms with Crippen molar-refractivity contribution >= 4 is 23.4 Å². The molecule has 0 unspecified atom stereocenters. The molecule has 0 aliphatic heterocycles. The van der Waals surface area contributed by atoms with Crippen molar-refractivity contribution in [1.82, 2.24) is 14.8 Å². The number of nitrogens with zero attached hydrogens (tertiary/aromatic N) is 3. The second kappa shape index (κ2) is 8.79. The molecule has 6 nitrogen and oxygen atoms in total. The minimum absolute atomic E-state index is 0.00906. The van der Waals surface area contributed by atoms with E-state index in [0.29, 0.717) is 22.2 Å². The van der Waals surface area contributed by atoms with Crippen molar-refractivity contribution in [3.63, 3.8) is 0 Å². The average Bonchev–Trinajstić information content (AvgIpc) is 3.02. The van der Waals surface area contributed by atoms with Crippen LogP contribution >= 0.6 is 11.8 Å². The SMILES string of the molecule is Cn1c(SCC(=O)Nc2ccc(OC(F)F)cc2)nnc1-c1ccc(F)cc1. The quantitative estimate of drug-likeness (QED) is 0.600. The molecule has 146 valence electrons. The number of anilines is 1. The number of nitrogens with one attached hydrogen (secondary N) is 1. The Morgan fingerprint density at radius 1 is 1.14 bits per heavy atom. The van der Waals surface area contributed by atoms with Gasteiger partial charge in [-0.1, -0.05) is 11.8 Å². The molecule has 2 aromatic carbocycles. The van der Waals surface area contributed by atoms with Gasteiger partial charge in [-0.25, -0.2) is 4.39 Å². The Balaban J connectivity index is 1.57. The molecular weight excluding hydrogens is 393 g/mol. The van der Waals surface area contributed by atoms with Crippen molar-refractivity contribution in [3.05, 3.63) is 54.3 Å². The molecule has 10 heteroatoms. The lowest BCUT2D eigenvalue weighted by atomic mass is 10.2. The third kappa shape index (κ3) is 5.03. The molecule has 28 heavy (non-hydrogen) atoms. The third-order valence-electron chi connectivity index (χ3n) is 3.63. The molecule has 0 saturated heterocycles. The Morgan fingerprint density at radius 2 is 1.82 bits per heavy atom. The van der Waals surface area contributed by atoms with Crippen LogP contribution in [0.5, 0.6) is 5.75 Å². The Hall–Kier alpha value is -3.01. The summed E-state index contributed by atoms with van der Waals surface area (Å²) in [5, 5.41) is 11.3. The molecule has 0 aliphatic rings. The van der Waals surface area contributed by atoms with E-state index in [1.807, 2.05) is 0 Å². The summed E-state index contributed by atoms with van der Waals surface area (Å²) in [5.41, 5.74) is 1.16. The number of amides is 1. The fourth-order valence-corrected chi connectivity index (χ4v) is 3.05. The van der Waals surface area contributed by atoms with E-state index in [0.717, 1.165) is 0 Å². The maximum atomic E-state index is 13.0. The molecule has 0 aliphatic carbocycles. The van der Waals surface area contributed by atoms with E-state index in [2.05, 4.69) is 20.3 Å². The monoisotopic (exact) mass is 408 g/mol. The summed E-state index contributed by atoms with van der Waals surface area (Å²) in [7, 11) is 1.75. The number of hydrogen-bond acceptors (Lipinski definition) is 5. The molecule has 1 N–H and O–H groups in total. The van der Waals surface area contributed by atoms with Crippen LogP contribution in [0.15, 0.2) is 53.7 Å². The van der Waals surface area contributed by atoms with Gasteiger partial charge in [0.15, 0.2) is 11.0 Å². The van der Waals surface area contributed by atoms with Gasteiger partial charge >= 0.3 is 6.61 Å². The van der Waals surface area contributed by atoms with Crippen LogP contribution in [0.4, 0.5) is 18.9 Å². The molecule has 3 rings (SSSR count). The number of carbonyl (C=O) groups is 1. The maximum absolute atomic E-state index is 13.0. The maximum Gasteiger partial charge on any atom is 0.387 e. The number of carbonyl (C=O) groups excluding carboxylic acids is 1. The first-order valence-electron chi connectivity index (χ1n) is 8.05. The highest BCUT2D eigenvalue weighted by Crippen LogP contribution is 2.23.